The smallest absolute Gasteiger partial charge is 0.253 e. The molecule has 2 aromatic carbocycles. The molecule has 0 aromatic heterocycles. The van der Waals surface area contributed by atoms with Gasteiger partial charge in [-0.3, -0.25) is 4.79 Å². The molecular formula is C19H18N2O. The maximum absolute atomic E-state index is 12.1. The second-order valence-electron chi connectivity index (χ2n) is 5.33. The van der Waals surface area contributed by atoms with Crippen LogP contribution in [0.4, 0.5) is 5.69 Å². The zero-order valence-electron chi connectivity index (χ0n) is 13.1. The number of benzene rings is 2. The lowest BCUT2D eigenvalue weighted by Gasteiger charge is -2.20. The summed E-state index contributed by atoms with van der Waals surface area (Å²) in [4.78, 5) is 13.6. The molecule has 0 atom stereocenters. The first-order chi connectivity index (χ1) is 10.5. The second-order valence-corrected chi connectivity index (χ2v) is 5.33. The van der Waals surface area contributed by atoms with Crippen molar-refractivity contribution >= 4 is 11.6 Å². The first kappa shape index (κ1) is 15.5. The summed E-state index contributed by atoms with van der Waals surface area (Å²) in [6, 6.07) is 15.7. The molecule has 3 heteroatoms. The Morgan fingerprint density at radius 1 is 1.23 bits per heavy atom. The van der Waals surface area contributed by atoms with E-state index in [1.807, 2.05) is 43.3 Å². The third-order valence-corrected chi connectivity index (χ3v) is 3.51. The SMILES string of the molecule is C=C(C)C(=O)N(C)c1cccc(-c2cccc(C)c2)c1C#N. The van der Waals surface area contributed by atoms with Crippen molar-refractivity contribution in [1.82, 2.24) is 0 Å². The van der Waals surface area contributed by atoms with Gasteiger partial charge in [-0.25, -0.2) is 0 Å². The maximum atomic E-state index is 12.1. The first-order valence-electron chi connectivity index (χ1n) is 6.99. The van der Waals surface area contributed by atoms with Gasteiger partial charge in [0.1, 0.15) is 6.07 Å². The molecule has 0 bridgehead atoms. The van der Waals surface area contributed by atoms with E-state index in [0.717, 1.165) is 16.7 Å². The fourth-order valence-corrected chi connectivity index (χ4v) is 2.39. The molecule has 0 saturated carbocycles. The van der Waals surface area contributed by atoms with E-state index in [0.29, 0.717) is 16.8 Å². The fraction of sp³-hybridized carbons (Fsp3) is 0.158. The number of anilines is 1. The number of aryl methyl sites for hydroxylation is 1. The highest BCUT2D eigenvalue weighted by molar-refractivity contribution is 6.05. The molecule has 2 aromatic rings. The number of rotatable bonds is 3. The third kappa shape index (κ3) is 2.91. The standard InChI is InChI=1S/C19H18N2O/c1-13(2)19(22)21(4)18-10-6-9-16(17(18)12-20)15-8-5-7-14(3)11-15/h5-11H,1H2,2-4H3. The second kappa shape index (κ2) is 6.28. The Bertz CT molecular complexity index is 784. The molecule has 0 aliphatic carbocycles. The number of likely N-dealkylation sites (N-methyl/N-ethyl adjacent to an activating group) is 1. The zero-order chi connectivity index (χ0) is 16.3. The van der Waals surface area contributed by atoms with Crippen LogP contribution in [0.15, 0.2) is 54.6 Å². The van der Waals surface area contributed by atoms with E-state index in [-0.39, 0.29) is 5.91 Å². The number of hydrogen-bond donors (Lipinski definition) is 0. The van der Waals surface area contributed by atoms with E-state index in [1.165, 1.54) is 4.90 Å². The minimum Gasteiger partial charge on any atom is -0.310 e. The molecule has 2 rings (SSSR count). The van der Waals surface area contributed by atoms with E-state index in [2.05, 4.69) is 12.6 Å². The summed E-state index contributed by atoms with van der Waals surface area (Å²) in [5.74, 6) is -0.196. The van der Waals surface area contributed by atoms with Gasteiger partial charge in [0, 0.05) is 18.2 Å². The lowest BCUT2D eigenvalue weighted by atomic mass is 9.97. The van der Waals surface area contributed by atoms with Crippen molar-refractivity contribution < 1.29 is 4.79 Å². The minimum atomic E-state index is -0.196. The van der Waals surface area contributed by atoms with Crippen molar-refractivity contribution in [3.8, 4) is 17.2 Å². The normalized spacial score (nSPS) is 9.91. The van der Waals surface area contributed by atoms with Crippen molar-refractivity contribution in [2.75, 3.05) is 11.9 Å². The van der Waals surface area contributed by atoms with Crippen molar-refractivity contribution in [1.29, 1.82) is 5.26 Å². The van der Waals surface area contributed by atoms with Crippen LogP contribution in [0.2, 0.25) is 0 Å². The zero-order valence-corrected chi connectivity index (χ0v) is 13.1. The van der Waals surface area contributed by atoms with Crippen LogP contribution in [0.25, 0.3) is 11.1 Å². The molecule has 0 spiro atoms. The van der Waals surface area contributed by atoms with Gasteiger partial charge in [0.2, 0.25) is 0 Å². The quantitative estimate of drug-likeness (QED) is 0.800. The Morgan fingerprint density at radius 3 is 2.50 bits per heavy atom. The van der Waals surface area contributed by atoms with E-state index in [9.17, 15) is 10.1 Å². The van der Waals surface area contributed by atoms with Gasteiger partial charge in [-0.1, -0.05) is 48.5 Å². The van der Waals surface area contributed by atoms with Gasteiger partial charge >= 0.3 is 0 Å². The number of carbonyl (C=O) groups excluding carboxylic acids is 1. The predicted molar refractivity (Wildman–Crippen MR) is 89.6 cm³/mol. The predicted octanol–water partition coefficient (Wildman–Crippen LogP) is 4.07. The fourth-order valence-electron chi connectivity index (χ4n) is 2.39. The van der Waals surface area contributed by atoms with Gasteiger partial charge in [0.05, 0.1) is 11.3 Å². The Kier molecular flexibility index (Phi) is 4.43. The highest BCUT2D eigenvalue weighted by atomic mass is 16.2. The van der Waals surface area contributed by atoms with Gasteiger partial charge in [-0.15, -0.1) is 0 Å². The number of nitriles is 1. The van der Waals surface area contributed by atoms with Crippen LogP contribution >= 0.6 is 0 Å². The Labute approximate surface area is 131 Å². The number of hydrogen-bond acceptors (Lipinski definition) is 2. The number of nitrogens with zero attached hydrogens (tertiary/aromatic N) is 2. The van der Waals surface area contributed by atoms with Crippen molar-refractivity contribution in [3.05, 3.63) is 65.7 Å². The summed E-state index contributed by atoms with van der Waals surface area (Å²) in [6.45, 7) is 7.35. The Hall–Kier alpha value is -2.86. The monoisotopic (exact) mass is 290 g/mol. The summed E-state index contributed by atoms with van der Waals surface area (Å²) in [6.07, 6.45) is 0. The van der Waals surface area contributed by atoms with Gasteiger partial charge < -0.3 is 4.90 Å². The molecule has 0 fully saturated rings. The summed E-state index contributed by atoms with van der Waals surface area (Å²) in [5, 5.41) is 9.59. The molecule has 0 radical (unpaired) electrons. The van der Waals surface area contributed by atoms with E-state index in [1.54, 1.807) is 20.0 Å². The number of amides is 1. The van der Waals surface area contributed by atoms with Gasteiger partial charge in [-0.2, -0.15) is 5.26 Å². The van der Waals surface area contributed by atoms with Gasteiger partial charge in [0.15, 0.2) is 0 Å². The lowest BCUT2D eigenvalue weighted by molar-refractivity contribution is -0.114. The highest BCUT2D eigenvalue weighted by Crippen LogP contribution is 2.31. The molecule has 0 unspecified atom stereocenters. The van der Waals surface area contributed by atoms with Crippen LogP contribution in [-0.4, -0.2) is 13.0 Å². The molecule has 3 nitrogen and oxygen atoms in total. The van der Waals surface area contributed by atoms with Crippen LogP contribution in [0, 0.1) is 18.3 Å². The van der Waals surface area contributed by atoms with Gasteiger partial charge in [0.25, 0.3) is 5.91 Å². The van der Waals surface area contributed by atoms with Crippen molar-refractivity contribution in [2.24, 2.45) is 0 Å². The largest absolute Gasteiger partial charge is 0.310 e. The van der Waals surface area contributed by atoms with E-state index >= 15 is 0 Å². The minimum absolute atomic E-state index is 0.196. The molecule has 1 amide bonds. The summed E-state index contributed by atoms with van der Waals surface area (Å²) >= 11 is 0. The third-order valence-electron chi connectivity index (χ3n) is 3.51. The first-order valence-corrected chi connectivity index (χ1v) is 6.99. The Morgan fingerprint density at radius 2 is 1.91 bits per heavy atom. The van der Waals surface area contributed by atoms with Crippen molar-refractivity contribution in [2.45, 2.75) is 13.8 Å². The topological polar surface area (TPSA) is 44.1 Å². The molecular weight excluding hydrogens is 272 g/mol. The van der Waals surface area contributed by atoms with Crippen LogP contribution < -0.4 is 4.90 Å². The molecule has 110 valence electrons. The van der Waals surface area contributed by atoms with Crippen molar-refractivity contribution in [3.63, 3.8) is 0 Å². The maximum Gasteiger partial charge on any atom is 0.253 e. The summed E-state index contributed by atoms with van der Waals surface area (Å²) < 4.78 is 0. The molecule has 22 heavy (non-hydrogen) atoms. The molecule has 0 N–H and O–H groups in total. The Balaban J connectivity index is 2.60. The summed E-state index contributed by atoms with van der Waals surface area (Å²) in [7, 11) is 1.66. The number of carbonyl (C=O) groups is 1. The average Bonchev–Trinajstić information content (AvgIpc) is 2.52. The average molecular weight is 290 g/mol. The molecule has 0 aliphatic heterocycles. The van der Waals surface area contributed by atoms with Crippen LogP contribution in [-0.2, 0) is 4.79 Å². The lowest BCUT2D eigenvalue weighted by Crippen LogP contribution is -2.27. The van der Waals surface area contributed by atoms with E-state index < -0.39 is 0 Å². The van der Waals surface area contributed by atoms with Crippen LogP contribution in [0.3, 0.4) is 0 Å². The molecule has 0 heterocycles. The molecule has 0 aliphatic rings. The summed E-state index contributed by atoms with van der Waals surface area (Å²) in [5.41, 5.74) is 4.44. The molecule has 0 saturated heterocycles. The van der Waals surface area contributed by atoms with Crippen LogP contribution in [0.5, 0.6) is 0 Å². The van der Waals surface area contributed by atoms with Crippen LogP contribution in [0.1, 0.15) is 18.1 Å². The van der Waals surface area contributed by atoms with E-state index in [4.69, 9.17) is 0 Å². The van der Waals surface area contributed by atoms with Gasteiger partial charge in [-0.05, 0) is 25.5 Å². The highest BCUT2D eigenvalue weighted by Gasteiger charge is 2.18.